The molecule has 0 atom stereocenters. The summed E-state index contributed by atoms with van der Waals surface area (Å²) in [6.45, 7) is 2.52. The number of nitrogens with zero attached hydrogens (tertiary/aromatic N) is 1. The van der Waals surface area contributed by atoms with E-state index in [4.69, 9.17) is 19.0 Å². The van der Waals surface area contributed by atoms with Crippen LogP contribution in [0.2, 0.25) is 0 Å². The van der Waals surface area contributed by atoms with Crippen LogP contribution in [-0.2, 0) is 17.9 Å². The van der Waals surface area contributed by atoms with Crippen molar-refractivity contribution in [1.29, 1.82) is 0 Å². The Kier molecular flexibility index (Phi) is 8.49. The molecule has 0 bridgehead atoms. The molecule has 6 heteroatoms. The summed E-state index contributed by atoms with van der Waals surface area (Å²) in [6.07, 6.45) is 1.61. The number of methoxy groups -OCH3 is 1. The maximum absolute atomic E-state index is 14.1. The van der Waals surface area contributed by atoms with E-state index < -0.39 is 0 Å². The number of benzene rings is 3. The van der Waals surface area contributed by atoms with Gasteiger partial charge in [0.25, 0.3) is 0 Å². The van der Waals surface area contributed by atoms with Gasteiger partial charge < -0.3 is 19.0 Å². The first-order valence-corrected chi connectivity index (χ1v) is 10.5. The lowest BCUT2D eigenvalue weighted by Crippen LogP contribution is -2.14. The smallest absolute Gasteiger partial charge is 0.161 e. The van der Waals surface area contributed by atoms with Crippen molar-refractivity contribution in [2.45, 2.75) is 26.4 Å². The van der Waals surface area contributed by atoms with Crippen molar-refractivity contribution in [2.24, 2.45) is 5.16 Å². The molecule has 0 aliphatic carbocycles. The molecule has 0 saturated heterocycles. The van der Waals surface area contributed by atoms with E-state index in [9.17, 15) is 4.39 Å². The van der Waals surface area contributed by atoms with E-state index in [0.717, 1.165) is 17.5 Å². The molecule has 0 aliphatic heterocycles. The van der Waals surface area contributed by atoms with E-state index in [1.807, 2.05) is 55.5 Å². The first-order valence-electron chi connectivity index (χ1n) is 10.5. The van der Waals surface area contributed by atoms with Gasteiger partial charge >= 0.3 is 0 Å². The molecule has 3 rings (SSSR count). The third-order valence-corrected chi connectivity index (χ3v) is 4.85. The lowest BCUT2D eigenvalue weighted by molar-refractivity contribution is 0.210. The van der Waals surface area contributed by atoms with Crippen LogP contribution < -0.4 is 14.2 Å². The zero-order chi connectivity index (χ0) is 22.8. The predicted octanol–water partition coefficient (Wildman–Crippen LogP) is 5.80. The highest BCUT2D eigenvalue weighted by Gasteiger charge is 2.11. The van der Waals surface area contributed by atoms with Gasteiger partial charge in [0.15, 0.2) is 11.5 Å². The quantitative estimate of drug-likeness (QED) is 0.281. The first kappa shape index (κ1) is 23.1. The molecule has 0 N–H and O–H groups in total. The Morgan fingerprint density at radius 2 is 1.72 bits per heavy atom. The molecule has 0 radical (unpaired) electrons. The highest BCUT2D eigenvalue weighted by atomic mass is 19.1. The van der Waals surface area contributed by atoms with E-state index in [0.29, 0.717) is 34.9 Å². The zero-order valence-electron chi connectivity index (χ0n) is 18.6. The minimum Gasteiger partial charge on any atom is -0.493 e. The topological polar surface area (TPSA) is 49.3 Å². The highest BCUT2D eigenvalue weighted by molar-refractivity contribution is 6.01. The van der Waals surface area contributed by atoms with Crippen molar-refractivity contribution in [3.05, 3.63) is 89.2 Å². The predicted molar refractivity (Wildman–Crippen MR) is 123 cm³/mol. The van der Waals surface area contributed by atoms with E-state index in [1.165, 1.54) is 13.2 Å². The minimum atomic E-state index is -0.238. The van der Waals surface area contributed by atoms with Crippen LogP contribution in [0, 0.1) is 5.82 Å². The van der Waals surface area contributed by atoms with Crippen LogP contribution in [0.3, 0.4) is 0 Å². The van der Waals surface area contributed by atoms with Crippen molar-refractivity contribution >= 4 is 5.71 Å². The van der Waals surface area contributed by atoms with Gasteiger partial charge in [-0.3, -0.25) is 0 Å². The number of hydrogen-bond donors (Lipinski definition) is 0. The van der Waals surface area contributed by atoms with Crippen molar-refractivity contribution < 1.29 is 23.4 Å². The van der Waals surface area contributed by atoms with E-state index in [2.05, 4.69) is 5.16 Å². The molecule has 0 unspecified atom stereocenters. The summed E-state index contributed by atoms with van der Waals surface area (Å²) in [5.74, 6) is 1.40. The van der Waals surface area contributed by atoms with Gasteiger partial charge in [-0.1, -0.05) is 61.0 Å². The molecule has 0 saturated carbocycles. The van der Waals surface area contributed by atoms with Crippen molar-refractivity contribution in [2.75, 3.05) is 20.8 Å². The number of ether oxygens (including phenoxy) is 3. The second-order valence-corrected chi connectivity index (χ2v) is 7.15. The van der Waals surface area contributed by atoms with Crippen LogP contribution in [0.25, 0.3) is 0 Å². The normalized spacial score (nSPS) is 11.2. The minimum absolute atomic E-state index is 0.216. The molecule has 3 aromatic rings. The van der Waals surface area contributed by atoms with Crippen LogP contribution in [-0.4, -0.2) is 26.5 Å². The number of hydrogen-bond acceptors (Lipinski definition) is 5. The summed E-state index contributed by atoms with van der Waals surface area (Å²) >= 11 is 0. The second kappa shape index (κ2) is 11.7. The molecule has 32 heavy (non-hydrogen) atoms. The van der Waals surface area contributed by atoms with Gasteiger partial charge in [0.1, 0.15) is 37.6 Å². The maximum atomic E-state index is 14.1. The third-order valence-electron chi connectivity index (χ3n) is 4.85. The van der Waals surface area contributed by atoms with Gasteiger partial charge in [-0.25, -0.2) is 4.39 Å². The summed E-state index contributed by atoms with van der Waals surface area (Å²) in [7, 11) is 3.08. The summed E-state index contributed by atoms with van der Waals surface area (Å²) in [5, 5.41) is 4.07. The Balaban J connectivity index is 1.65. The molecular weight excluding hydrogens is 409 g/mol. The van der Waals surface area contributed by atoms with E-state index >= 15 is 0 Å². The van der Waals surface area contributed by atoms with Gasteiger partial charge in [0.2, 0.25) is 0 Å². The van der Waals surface area contributed by atoms with Crippen LogP contribution >= 0.6 is 0 Å². The fourth-order valence-electron chi connectivity index (χ4n) is 3.23. The second-order valence-electron chi connectivity index (χ2n) is 7.15. The van der Waals surface area contributed by atoms with Crippen LogP contribution in [0.4, 0.5) is 4.39 Å². The fourth-order valence-corrected chi connectivity index (χ4v) is 3.23. The summed E-state index contributed by atoms with van der Waals surface area (Å²) in [5.41, 5.74) is 3.16. The van der Waals surface area contributed by atoms with E-state index in [1.54, 1.807) is 19.2 Å². The molecule has 3 aromatic carbocycles. The van der Waals surface area contributed by atoms with Gasteiger partial charge in [-0.05, 0) is 35.7 Å². The lowest BCUT2D eigenvalue weighted by Gasteiger charge is -2.14. The fraction of sp³-hybridized carbons (Fsp3) is 0.269. The summed E-state index contributed by atoms with van der Waals surface area (Å²) in [6, 6.07) is 20.2. The molecule has 5 nitrogen and oxygen atoms in total. The van der Waals surface area contributed by atoms with Gasteiger partial charge in [-0.2, -0.15) is 0 Å². The Morgan fingerprint density at radius 3 is 2.41 bits per heavy atom. The Labute approximate surface area is 188 Å². The van der Waals surface area contributed by atoms with Gasteiger partial charge in [0.05, 0.1) is 7.11 Å². The van der Waals surface area contributed by atoms with E-state index in [-0.39, 0.29) is 19.0 Å². The van der Waals surface area contributed by atoms with Crippen LogP contribution in [0.15, 0.2) is 71.9 Å². The number of rotatable bonds is 11. The van der Waals surface area contributed by atoms with Gasteiger partial charge in [0, 0.05) is 11.6 Å². The Morgan fingerprint density at radius 1 is 0.906 bits per heavy atom. The highest BCUT2D eigenvalue weighted by Crippen LogP contribution is 2.29. The first-order chi connectivity index (χ1) is 15.6. The number of oxime groups is 1. The molecule has 0 spiro atoms. The Hall–Kier alpha value is -3.54. The summed E-state index contributed by atoms with van der Waals surface area (Å²) < 4.78 is 31.3. The Bertz CT molecular complexity index is 1040. The van der Waals surface area contributed by atoms with Crippen LogP contribution in [0.5, 0.6) is 17.2 Å². The van der Waals surface area contributed by atoms with Crippen molar-refractivity contribution in [3.63, 3.8) is 0 Å². The number of aryl methyl sites for hydroxylation is 1. The SMILES string of the molecule is CCCc1ccc(OCc2ccc(OC/C(=N\OC)c3ccccc3)c(OC)c2)cc1F. The maximum Gasteiger partial charge on any atom is 0.161 e. The third kappa shape index (κ3) is 6.23. The average Bonchev–Trinajstić information content (AvgIpc) is 2.83. The largest absolute Gasteiger partial charge is 0.493 e. The van der Waals surface area contributed by atoms with Crippen molar-refractivity contribution in [1.82, 2.24) is 0 Å². The lowest BCUT2D eigenvalue weighted by atomic mass is 10.1. The van der Waals surface area contributed by atoms with Gasteiger partial charge in [-0.15, -0.1) is 0 Å². The number of halogens is 1. The molecule has 0 aromatic heterocycles. The molecule has 0 fully saturated rings. The monoisotopic (exact) mass is 437 g/mol. The molecular formula is C26H28FNO4. The molecule has 0 heterocycles. The zero-order valence-corrected chi connectivity index (χ0v) is 18.6. The van der Waals surface area contributed by atoms with Crippen molar-refractivity contribution in [3.8, 4) is 17.2 Å². The van der Waals surface area contributed by atoms with Crippen LogP contribution in [0.1, 0.15) is 30.0 Å². The molecule has 0 amide bonds. The summed E-state index contributed by atoms with van der Waals surface area (Å²) in [4.78, 5) is 4.96. The standard InChI is InChI=1S/C26H28FNO4/c1-4-8-20-12-13-22(16-23(20)27)31-17-19-11-14-25(26(15-19)29-2)32-18-24(28-30-3)21-9-6-5-7-10-21/h5-7,9-16H,4,8,17-18H2,1-3H3/b28-24+. The molecule has 0 aliphatic rings. The average molecular weight is 438 g/mol. The molecule has 168 valence electrons.